The summed E-state index contributed by atoms with van der Waals surface area (Å²) in [5.74, 6) is -0.624. The van der Waals surface area contributed by atoms with Gasteiger partial charge >= 0.3 is 5.97 Å². The smallest absolute Gasteiger partial charge is 0.306 e. The van der Waals surface area contributed by atoms with E-state index in [1.165, 1.54) is 13.2 Å². The van der Waals surface area contributed by atoms with Crippen molar-refractivity contribution in [1.29, 1.82) is 0 Å². The molecule has 1 aliphatic heterocycles. The molecule has 1 saturated heterocycles. The van der Waals surface area contributed by atoms with Crippen LogP contribution in [0.1, 0.15) is 37.7 Å². The van der Waals surface area contributed by atoms with Gasteiger partial charge in [-0.3, -0.25) is 14.5 Å². The molecule has 1 aromatic heterocycles. The van der Waals surface area contributed by atoms with E-state index >= 15 is 0 Å². The number of morpholine rings is 1. The van der Waals surface area contributed by atoms with Gasteiger partial charge in [-0.25, -0.2) is 0 Å². The summed E-state index contributed by atoms with van der Waals surface area (Å²) in [6.07, 6.45) is 0.0473. The first kappa shape index (κ1) is 18.5. The lowest BCUT2D eigenvalue weighted by molar-refractivity contribution is -0.141. The molecule has 2 heterocycles. The van der Waals surface area contributed by atoms with Crippen molar-refractivity contribution < 1.29 is 23.8 Å². The van der Waals surface area contributed by atoms with Crippen LogP contribution in [0.25, 0.3) is 0 Å². The van der Waals surface area contributed by atoms with E-state index in [2.05, 4.69) is 4.90 Å². The lowest BCUT2D eigenvalue weighted by atomic mass is 9.89. The van der Waals surface area contributed by atoms with Crippen molar-refractivity contribution in [2.45, 2.75) is 32.7 Å². The average Bonchev–Trinajstić information content (AvgIpc) is 2.56. The maximum Gasteiger partial charge on any atom is 0.306 e. The van der Waals surface area contributed by atoms with E-state index in [-0.39, 0.29) is 18.1 Å². The number of rotatable bonds is 6. The van der Waals surface area contributed by atoms with Crippen LogP contribution in [-0.2, 0) is 20.8 Å². The number of esters is 1. The molecular formula is C17H25NO6. The van der Waals surface area contributed by atoms with E-state index in [1.807, 2.05) is 13.8 Å². The highest BCUT2D eigenvalue weighted by Gasteiger charge is 2.27. The monoisotopic (exact) mass is 339 g/mol. The zero-order valence-corrected chi connectivity index (χ0v) is 14.4. The molecule has 1 unspecified atom stereocenters. The molecule has 0 aromatic carbocycles. The van der Waals surface area contributed by atoms with Crippen molar-refractivity contribution in [3.63, 3.8) is 0 Å². The van der Waals surface area contributed by atoms with Crippen LogP contribution in [0.2, 0.25) is 0 Å². The van der Waals surface area contributed by atoms with Crippen LogP contribution in [0.4, 0.5) is 0 Å². The van der Waals surface area contributed by atoms with E-state index in [4.69, 9.17) is 13.9 Å². The Morgan fingerprint density at radius 3 is 2.62 bits per heavy atom. The molecule has 0 amide bonds. The fourth-order valence-electron chi connectivity index (χ4n) is 2.76. The largest absolute Gasteiger partial charge is 0.502 e. The molecule has 1 atom stereocenters. The lowest BCUT2D eigenvalue weighted by Gasteiger charge is -2.26. The van der Waals surface area contributed by atoms with Gasteiger partial charge in [0, 0.05) is 25.1 Å². The molecule has 134 valence electrons. The predicted octanol–water partition coefficient (Wildman–Crippen LogP) is 1.48. The molecule has 1 aliphatic rings. The van der Waals surface area contributed by atoms with Crippen LogP contribution in [0.3, 0.4) is 0 Å². The topological polar surface area (TPSA) is 89.2 Å². The second-order valence-corrected chi connectivity index (χ2v) is 6.31. The summed E-state index contributed by atoms with van der Waals surface area (Å²) in [7, 11) is 1.31. The maximum absolute atomic E-state index is 12.1. The minimum Gasteiger partial charge on any atom is -0.502 e. The third-order valence-corrected chi connectivity index (χ3v) is 4.24. The van der Waals surface area contributed by atoms with Crippen molar-refractivity contribution in [2.24, 2.45) is 5.92 Å². The summed E-state index contributed by atoms with van der Waals surface area (Å²) < 4.78 is 15.8. The van der Waals surface area contributed by atoms with Crippen molar-refractivity contribution in [3.05, 3.63) is 27.8 Å². The van der Waals surface area contributed by atoms with Crippen LogP contribution in [-0.4, -0.2) is 49.4 Å². The van der Waals surface area contributed by atoms with Gasteiger partial charge in [0.15, 0.2) is 5.76 Å². The summed E-state index contributed by atoms with van der Waals surface area (Å²) in [5, 5.41) is 10.1. The van der Waals surface area contributed by atoms with Gasteiger partial charge in [-0.1, -0.05) is 13.8 Å². The van der Waals surface area contributed by atoms with Gasteiger partial charge < -0.3 is 19.0 Å². The van der Waals surface area contributed by atoms with Crippen LogP contribution >= 0.6 is 0 Å². The summed E-state index contributed by atoms with van der Waals surface area (Å²) in [5.41, 5.74) is -0.491. The van der Waals surface area contributed by atoms with Crippen molar-refractivity contribution in [2.75, 3.05) is 33.4 Å². The average molecular weight is 339 g/mol. The highest BCUT2D eigenvalue weighted by atomic mass is 16.5. The SMILES string of the molecule is COC(=O)CC(c1oc(CN2CCOCC2)cc(=O)c1O)C(C)C. The normalized spacial score (nSPS) is 17.0. The van der Waals surface area contributed by atoms with E-state index in [0.29, 0.717) is 25.5 Å². The molecule has 1 N–H and O–H groups in total. The van der Waals surface area contributed by atoms with E-state index in [9.17, 15) is 14.7 Å². The van der Waals surface area contributed by atoms with Gasteiger partial charge in [-0.2, -0.15) is 0 Å². The summed E-state index contributed by atoms with van der Waals surface area (Å²) in [4.78, 5) is 25.9. The first-order chi connectivity index (χ1) is 11.4. The number of carbonyl (C=O) groups excluding carboxylic acids is 1. The van der Waals surface area contributed by atoms with Crippen molar-refractivity contribution in [3.8, 4) is 5.75 Å². The van der Waals surface area contributed by atoms with Gasteiger partial charge in [0.1, 0.15) is 5.76 Å². The zero-order valence-electron chi connectivity index (χ0n) is 14.4. The number of hydrogen-bond acceptors (Lipinski definition) is 7. The third kappa shape index (κ3) is 4.58. The molecule has 0 spiro atoms. The molecule has 2 rings (SSSR count). The number of aromatic hydroxyl groups is 1. The molecular weight excluding hydrogens is 314 g/mol. The molecule has 24 heavy (non-hydrogen) atoms. The quantitative estimate of drug-likeness (QED) is 0.785. The second kappa shape index (κ2) is 8.30. The highest BCUT2D eigenvalue weighted by molar-refractivity contribution is 5.70. The van der Waals surface area contributed by atoms with E-state index in [1.54, 1.807) is 0 Å². The predicted molar refractivity (Wildman–Crippen MR) is 87.0 cm³/mol. The van der Waals surface area contributed by atoms with Gasteiger partial charge in [0.25, 0.3) is 0 Å². The Bertz CT molecular complexity index is 618. The molecule has 7 nitrogen and oxygen atoms in total. The second-order valence-electron chi connectivity index (χ2n) is 6.31. The number of carbonyl (C=O) groups is 1. The number of methoxy groups -OCH3 is 1. The number of hydrogen-bond donors (Lipinski definition) is 1. The Morgan fingerprint density at radius 2 is 2.04 bits per heavy atom. The first-order valence-corrected chi connectivity index (χ1v) is 8.15. The van der Waals surface area contributed by atoms with Crippen LogP contribution < -0.4 is 5.43 Å². The number of ether oxygens (including phenoxy) is 2. The molecule has 0 aliphatic carbocycles. The standard InChI is InChI=1S/C17H25NO6/c1-11(2)13(9-15(20)22-3)17-16(21)14(19)8-12(24-17)10-18-4-6-23-7-5-18/h8,11,13,21H,4-7,9-10H2,1-3H3. The Balaban J connectivity index is 2.29. The number of nitrogens with zero attached hydrogens (tertiary/aromatic N) is 1. The molecule has 1 fully saturated rings. The Kier molecular flexibility index (Phi) is 6.39. The summed E-state index contributed by atoms with van der Waals surface area (Å²) in [6.45, 7) is 7.09. The minimum atomic E-state index is -0.491. The third-order valence-electron chi connectivity index (χ3n) is 4.24. The molecule has 0 radical (unpaired) electrons. The van der Waals surface area contributed by atoms with E-state index in [0.717, 1.165) is 13.1 Å². The summed E-state index contributed by atoms with van der Waals surface area (Å²) in [6, 6.07) is 1.31. The molecule has 0 bridgehead atoms. The van der Waals surface area contributed by atoms with Crippen LogP contribution in [0.15, 0.2) is 15.3 Å². The van der Waals surface area contributed by atoms with Crippen molar-refractivity contribution in [1.82, 2.24) is 4.90 Å². The summed E-state index contributed by atoms with van der Waals surface area (Å²) >= 11 is 0. The maximum atomic E-state index is 12.1. The molecule has 1 aromatic rings. The minimum absolute atomic E-state index is 0.00298. The van der Waals surface area contributed by atoms with Crippen molar-refractivity contribution >= 4 is 5.97 Å². The zero-order chi connectivity index (χ0) is 17.7. The van der Waals surface area contributed by atoms with Gasteiger partial charge in [0.05, 0.1) is 33.3 Å². The highest BCUT2D eigenvalue weighted by Crippen LogP contribution is 2.33. The molecule has 7 heteroatoms. The Morgan fingerprint density at radius 1 is 1.38 bits per heavy atom. The Hall–Kier alpha value is -1.86. The fourth-order valence-corrected chi connectivity index (χ4v) is 2.76. The molecule has 0 saturated carbocycles. The van der Waals surface area contributed by atoms with Gasteiger partial charge in [-0.15, -0.1) is 0 Å². The van der Waals surface area contributed by atoms with Crippen LogP contribution in [0, 0.1) is 5.92 Å². The van der Waals surface area contributed by atoms with Gasteiger partial charge in [-0.05, 0) is 5.92 Å². The lowest BCUT2D eigenvalue weighted by Crippen LogP contribution is -2.35. The van der Waals surface area contributed by atoms with E-state index < -0.39 is 23.1 Å². The fraction of sp³-hybridized carbons (Fsp3) is 0.647. The van der Waals surface area contributed by atoms with Gasteiger partial charge in [0.2, 0.25) is 11.2 Å². The van der Waals surface area contributed by atoms with Crippen LogP contribution in [0.5, 0.6) is 5.75 Å². The Labute approximate surface area is 141 Å². The first-order valence-electron chi connectivity index (χ1n) is 8.15.